The summed E-state index contributed by atoms with van der Waals surface area (Å²) in [5.74, 6) is 0.377. The van der Waals surface area contributed by atoms with E-state index >= 15 is 0 Å². The van der Waals surface area contributed by atoms with Gasteiger partial charge < -0.3 is 0 Å². The van der Waals surface area contributed by atoms with Crippen molar-refractivity contribution in [2.45, 2.75) is 150 Å². The van der Waals surface area contributed by atoms with Gasteiger partial charge in [0.05, 0.1) is 0 Å². The molecule has 35 heavy (non-hydrogen) atoms. The molecule has 0 aliphatic carbocycles. The second-order valence-corrected chi connectivity index (χ2v) is 16.0. The van der Waals surface area contributed by atoms with E-state index in [0.29, 0.717) is 5.92 Å². The molecule has 0 aromatic heterocycles. The van der Waals surface area contributed by atoms with E-state index in [1.807, 2.05) is 0 Å². The Morgan fingerprint density at radius 1 is 0.514 bits per heavy atom. The summed E-state index contributed by atoms with van der Waals surface area (Å²) in [6.45, 7) is 38.1. The van der Waals surface area contributed by atoms with Crippen LogP contribution in [0.4, 0.5) is 0 Å². The van der Waals surface area contributed by atoms with Crippen molar-refractivity contribution in [1.82, 2.24) is 0 Å². The first-order chi connectivity index (χ1) is 15.5. The number of hydrogen-bond acceptors (Lipinski definition) is 0. The third-order valence-corrected chi connectivity index (χ3v) is 7.42. The van der Waals surface area contributed by atoms with Crippen LogP contribution in [0.5, 0.6) is 0 Å². The summed E-state index contributed by atoms with van der Waals surface area (Å²) in [5, 5.41) is 0. The minimum atomic E-state index is 0.0397. The molecule has 2 aromatic rings. The Balaban J connectivity index is 3.12. The Hall–Kier alpha value is -1.56. The van der Waals surface area contributed by atoms with Crippen LogP contribution in [0.2, 0.25) is 0 Å². The summed E-state index contributed by atoms with van der Waals surface area (Å²) in [4.78, 5) is 0. The van der Waals surface area contributed by atoms with Gasteiger partial charge in [-0.25, -0.2) is 0 Å². The molecule has 0 spiro atoms. The largest absolute Gasteiger partial charge is 0.0645 e. The molecule has 0 amide bonds. The summed E-state index contributed by atoms with van der Waals surface area (Å²) >= 11 is 0. The Bertz CT molecular complexity index is 1010. The average molecular weight is 477 g/mol. The standard InChI is InChI=1S/C35H56/c1-17-25(23-18-20-24(21-19-23)31(2,3)4)28-26(32(5,6)7)22-27(33(8,9)10)29(34(11,12)13)30(28)35(14,15)16/h18-22,25H,17H2,1-16H3. The molecule has 0 nitrogen and oxygen atoms in total. The quantitative estimate of drug-likeness (QED) is 0.413. The Morgan fingerprint density at radius 3 is 1.26 bits per heavy atom. The van der Waals surface area contributed by atoms with Crippen LogP contribution < -0.4 is 0 Å². The number of benzene rings is 2. The van der Waals surface area contributed by atoms with E-state index in [1.165, 1.54) is 22.3 Å². The Labute approximate surface area is 219 Å². The molecule has 0 radical (unpaired) electrons. The van der Waals surface area contributed by atoms with Crippen molar-refractivity contribution in [3.63, 3.8) is 0 Å². The summed E-state index contributed by atoms with van der Waals surface area (Å²) in [7, 11) is 0. The number of hydrogen-bond donors (Lipinski definition) is 0. The molecule has 2 aromatic carbocycles. The van der Waals surface area contributed by atoms with Crippen molar-refractivity contribution < 1.29 is 0 Å². The first kappa shape index (κ1) is 29.7. The summed E-state index contributed by atoms with van der Waals surface area (Å²) in [6.07, 6.45) is 1.10. The van der Waals surface area contributed by atoms with E-state index < -0.39 is 0 Å². The zero-order chi connectivity index (χ0) is 27.4. The van der Waals surface area contributed by atoms with Crippen molar-refractivity contribution >= 4 is 0 Å². The second kappa shape index (κ2) is 9.39. The molecule has 0 N–H and O–H groups in total. The lowest BCUT2D eigenvalue weighted by Gasteiger charge is -2.42. The van der Waals surface area contributed by atoms with Gasteiger partial charge in [0.1, 0.15) is 0 Å². The van der Waals surface area contributed by atoms with Gasteiger partial charge in [0, 0.05) is 5.92 Å². The molecule has 2 rings (SSSR count). The van der Waals surface area contributed by atoms with Gasteiger partial charge in [0.15, 0.2) is 0 Å². The molecule has 0 aliphatic heterocycles. The van der Waals surface area contributed by atoms with Crippen molar-refractivity contribution in [2.24, 2.45) is 0 Å². The maximum Gasteiger partial charge on any atom is 0.00927 e. The van der Waals surface area contributed by atoms with Crippen LogP contribution in [0.3, 0.4) is 0 Å². The molecule has 0 bridgehead atoms. The molecule has 0 fully saturated rings. The minimum absolute atomic E-state index is 0.0397. The highest BCUT2D eigenvalue weighted by Gasteiger charge is 2.38. The number of rotatable bonds is 3. The smallest absolute Gasteiger partial charge is 0.00927 e. The molecule has 1 unspecified atom stereocenters. The predicted octanol–water partition coefficient (Wildman–Crippen LogP) is 10.7. The van der Waals surface area contributed by atoms with Gasteiger partial charge in [0.25, 0.3) is 0 Å². The van der Waals surface area contributed by atoms with Gasteiger partial charge in [-0.2, -0.15) is 0 Å². The van der Waals surface area contributed by atoms with Gasteiger partial charge in [-0.3, -0.25) is 0 Å². The lowest BCUT2D eigenvalue weighted by atomic mass is 9.62. The van der Waals surface area contributed by atoms with E-state index in [9.17, 15) is 0 Å². The van der Waals surface area contributed by atoms with Crippen LogP contribution in [-0.4, -0.2) is 0 Å². The second-order valence-electron chi connectivity index (χ2n) is 16.0. The molecule has 0 heterocycles. The molecule has 1 atom stereocenters. The summed E-state index contributed by atoms with van der Waals surface area (Å²) in [6, 6.07) is 12.1. The predicted molar refractivity (Wildman–Crippen MR) is 159 cm³/mol. The molecular formula is C35H56. The molecular weight excluding hydrogens is 420 g/mol. The van der Waals surface area contributed by atoms with Gasteiger partial charge in [-0.05, 0) is 72.4 Å². The van der Waals surface area contributed by atoms with Crippen LogP contribution in [0.25, 0.3) is 0 Å². The zero-order valence-corrected chi connectivity index (χ0v) is 26.2. The molecule has 0 aliphatic rings. The average Bonchev–Trinajstić information content (AvgIpc) is 2.64. The third kappa shape index (κ3) is 6.42. The summed E-state index contributed by atoms with van der Waals surface area (Å²) < 4.78 is 0. The van der Waals surface area contributed by atoms with E-state index in [2.05, 4.69) is 141 Å². The van der Waals surface area contributed by atoms with E-state index in [4.69, 9.17) is 0 Å². The van der Waals surface area contributed by atoms with E-state index in [1.54, 1.807) is 16.7 Å². The highest BCUT2D eigenvalue weighted by molar-refractivity contribution is 5.59. The van der Waals surface area contributed by atoms with Crippen LogP contribution in [0, 0.1) is 0 Å². The summed E-state index contributed by atoms with van der Waals surface area (Å²) in [5.41, 5.74) is 11.0. The lowest BCUT2D eigenvalue weighted by molar-refractivity contribution is 0.480. The van der Waals surface area contributed by atoms with Gasteiger partial charge in [-0.15, -0.1) is 0 Å². The lowest BCUT2D eigenvalue weighted by Crippen LogP contribution is -2.33. The molecule has 0 saturated carbocycles. The van der Waals surface area contributed by atoms with Crippen molar-refractivity contribution in [3.8, 4) is 0 Å². The Kier molecular flexibility index (Phi) is 7.96. The molecule has 196 valence electrons. The van der Waals surface area contributed by atoms with Crippen molar-refractivity contribution in [3.05, 3.63) is 69.3 Å². The molecule has 0 saturated heterocycles. The highest BCUT2D eigenvalue weighted by atomic mass is 14.4. The maximum atomic E-state index is 2.59. The SMILES string of the molecule is CCC(c1ccc(C(C)(C)C)cc1)c1c(C(C)(C)C)cc(C(C)(C)C)c(C(C)(C)C)c1C(C)(C)C. The van der Waals surface area contributed by atoms with Crippen LogP contribution in [0.1, 0.15) is 162 Å². The topological polar surface area (TPSA) is 0 Å². The van der Waals surface area contributed by atoms with Crippen LogP contribution in [0.15, 0.2) is 30.3 Å². The first-order valence-electron chi connectivity index (χ1n) is 13.8. The normalized spacial score (nSPS) is 14.9. The monoisotopic (exact) mass is 476 g/mol. The van der Waals surface area contributed by atoms with Crippen molar-refractivity contribution in [2.75, 3.05) is 0 Å². The van der Waals surface area contributed by atoms with Crippen LogP contribution >= 0.6 is 0 Å². The fourth-order valence-corrected chi connectivity index (χ4v) is 5.65. The van der Waals surface area contributed by atoms with E-state index in [0.717, 1.165) is 6.42 Å². The first-order valence-corrected chi connectivity index (χ1v) is 13.8. The minimum Gasteiger partial charge on any atom is -0.0645 e. The van der Waals surface area contributed by atoms with E-state index in [-0.39, 0.29) is 27.1 Å². The fraction of sp³-hybridized carbons (Fsp3) is 0.657. The Morgan fingerprint density at radius 2 is 0.943 bits per heavy atom. The van der Waals surface area contributed by atoms with Gasteiger partial charge in [-0.1, -0.05) is 141 Å². The third-order valence-electron chi connectivity index (χ3n) is 7.42. The van der Waals surface area contributed by atoms with Gasteiger partial charge >= 0.3 is 0 Å². The maximum absolute atomic E-state index is 2.59. The van der Waals surface area contributed by atoms with Crippen LogP contribution in [-0.2, 0) is 27.1 Å². The van der Waals surface area contributed by atoms with Crippen molar-refractivity contribution in [1.29, 1.82) is 0 Å². The fourth-order valence-electron chi connectivity index (χ4n) is 5.65. The highest BCUT2D eigenvalue weighted by Crippen LogP contribution is 2.49. The molecule has 0 heteroatoms. The zero-order valence-electron chi connectivity index (χ0n) is 26.2. The van der Waals surface area contributed by atoms with Gasteiger partial charge in [0.2, 0.25) is 0 Å².